The summed E-state index contributed by atoms with van der Waals surface area (Å²) in [5, 5.41) is 14.0. The molecule has 0 radical (unpaired) electrons. The molecule has 0 saturated carbocycles. The minimum Gasteiger partial charge on any atom is -0.385 e. The second-order valence-corrected chi connectivity index (χ2v) is 4.95. The summed E-state index contributed by atoms with van der Waals surface area (Å²) < 4.78 is 10.2. The van der Waals surface area contributed by atoms with Gasteiger partial charge in [-0.25, -0.2) is 0 Å². The van der Waals surface area contributed by atoms with Crippen LogP contribution in [0.1, 0.15) is 19.3 Å². The maximum atomic E-state index is 12.0. The van der Waals surface area contributed by atoms with Crippen LogP contribution in [0.4, 0.5) is 11.6 Å². The Morgan fingerprint density at radius 1 is 1.33 bits per heavy atom. The van der Waals surface area contributed by atoms with Gasteiger partial charge in [-0.3, -0.25) is 4.79 Å². The molecule has 2 heterocycles. The van der Waals surface area contributed by atoms with Crippen LogP contribution in [-0.2, 0) is 14.3 Å². The molecule has 2 N–H and O–H groups in total. The number of carbonyl (C=O) groups excluding carboxylic acids is 1. The number of aromatic nitrogens is 2. The summed E-state index contributed by atoms with van der Waals surface area (Å²) in [7, 11) is 1.68. The van der Waals surface area contributed by atoms with E-state index in [4.69, 9.17) is 9.47 Å². The molecule has 0 aromatic carbocycles. The van der Waals surface area contributed by atoms with Crippen LogP contribution in [0.2, 0.25) is 0 Å². The number of nitrogens with zero attached hydrogens (tertiary/aromatic N) is 2. The maximum absolute atomic E-state index is 12.0. The van der Waals surface area contributed by atoms with E-state index in [9.17, 15) is 4.79 Å². The van der Waals surface area contributed by atoms with E-state index in [1.165, 1.54) is 0 Å². The smallest absolute Gasteiger partial charge is 0.228 e. The largest absolute Gasteiger partial charge is 0.385 e. The summed E-state index contributed by atoms with van der Waals surface area (Å²) in [5.74, 6) is 1.17. The van der Waals surface area contributed by atoms with Crippen molar-refractivity contribution in [1.82, 2.24) is 10.2 Å². The van der Waals surface area contributed by atoms with Gasteiger partial charge in [0.15, 0.2) is 5.82 Å². The Morgan fingerprint density at radius 3 is 2.71 bits per heavy atom. The van der Waals surface area contributed by atoms with Gasteiger partial charge in [0.1, 0.15) is 5.82 Å². The zero-order valence-electron chi connectivity index (χ0n) is 12.3. The first kappa shape index (κ1) is 15.7. The van der Waals surface area contributed by atoms with Crippen molar-refractivity contribution in [2.24, 2.45) is 5.92 Å². The number of nitrogens with one attached hydrogen (secondary N) is 2. The fraction of sp³-hybridized carbons (Fsp3) is 0.643. The zero-order valence-corrected chi connectivity index (χ0v) is 12.3. The Morgan fingerprint density at radius 2 is 2.05 bits per heavy atom. The average Bonchev–Trinajstić information content (AvgIpc) is 2.54. The van der Waals surface area contributed by atoms with Gasteiger partial charge < -0.3 is 20.1 Å². The first-order valence-electron chi connectivity index (χ1n) is 7.25. The molecule has 1 fully saturated rings. The van der Waals surface area contributed by atoms with Crippen molar-refractivity contribution in [2.75, 3.05) is 44.1 Å². The lowest BCUT2D eigenvalue weighted by atomic mass is 9.99. The third-order valence-electron chi connectivity index (χ3n) is 3.34. The number of methoxy groups -OCH3 is 1. The van der Waals surface area contributed by atoms with Crippen molar-refractivity contribution in [3.05, 3.63) is 12.1 Å². The number of amides is 1. The molecule has 21 heavy (non-hydrogen) atoms. The molecule has 1 amide bonds. The highest BCUT2D eigenvalue weighted by Gasteiger charge is 2.21. The van der Waals surface area contributed by atoms with Gasteiger partial charge in [0.2, 0.25) is 5.91 Å². The van der Waals surface area contributed by atoms with Crippen LogP contribution >= 0.6 is 0 Å². The molecular formula is C14H22N4O3. The summed E-state index contributed by atoms with van der Waals surface area (Å²) >= 11 is 0. The molecule has 7 nitrogen and oxygen atoms in total. The van der Waals surface area contributed by atoms with E-state index in [0.717, 1.165) is 25.8 Å². The molecule has 0 atom stereocenters. The maximum Gasteiger partial charge on any atom is 0.228 e. The molecule has 2 rings (SSSR count). The molecule has 1 saturated heterocycles. The van der Waals surface area contributed by atoms with Crippen molar-refractivity contribution >= 4 is 17.5 Å². The second kappa shape index (κ2) is 8.53. The summed E-state index contributed by atoms with van der Waals surface area (Å²) in [6.45, 7) is 2.78. The van der Waals surface area contributed by atoms with Crippen LogP contribution in [0.25, 0.3) is 0 Å². The third-order valence-corrected chi connectivity index (χ3v) is 3.34. The first-order chi connectivity index (χ1) is 10.3. The number of rotatable bonds is 7. The van der Waals surface area contributed by atoms with E-state index in [-0.39, 0.29) is 11.8 Å². The fourth-order valence-corrected chi connectivity index (χ4v) is 2.11. The van der Waals surface area contributed by atoms with Crippen molar-refractivity contribution in [3.8, 4) is 0 Å². The molecule has 0 unspecified atom stereocenters. The van der Waals surface area contributed by atoms with E-state index < -0.39 is 0 Å². The van der Waals surface area contributed by atoms with Gasteiger partial charge >= 0.3 is 0 Å². The Bertz CT molecular complexity index is 432. The van der Waals surface area contributed by atoms with Crippen LogP contribution < -0.4 is 10.6 Å². The minimum atomic E-state index is -0.00611. The van der Waals surface area contributed by atoms with Crippen molar-refractivity contribution < 1.29 is 14.3 Å². The Balaban J connectivity index is 1.77. The standard InChI is InChI=1S/C14H22N4O3/c1-20-8-2-7-15-12-3-4-13(18-17-12)16-14(19)11-5-9-21-10-6-11/h3-4,11H,2,5-10H2,1H3,(H,15,17)(H,16,18,19). The van der Waals surface area contributed by atoms with Crippen LogP contribution in [0.5, 0.6) is 0 Å². The summed E-state index contributed by atoms with van der Waals surface area (Å²) in [6, 6.07) is 3.56. The van der Waals surface area contributed by atoms with Crippen LogP contribution in [0, 0.1) is 5.92 Å². The number of anilines is 2. The SMILES string of the molecule is COCCCNc1ccc(NC(=O)C2CCOCC2)nn1. The van der Waals surface area contributed by atoms with Gasteiger partial charge in [-0.2, -0.15) is 0 Å². The van der Waals surface area contributed by atoms with E-state index in [2.05, 4.69) is 20.8 Å². The van der Waals surface area contributed by atoms with Crippen LogP contribution in [-0.4, -0.2) is 49.6 Å². The highest BCUT2D eigenvalue weighted by atomic mass is 16.5. The van der Waals surface area contributed by atoms with Crippen LogP contribution in [0.3, 0.4) is 0 Å². The molecule has 1 aromatic rings. The number of hydrogen-bond acceptors (Lipinski definition) is 6. The molecule has 116 valence electrons. The van der Waals surface area contributed by atoms with E-state index >= 15 is 0 Å². The summed E-state index contributed by atoms with van der Waals surface area (Å²) in [4.78, 5) is 12.0. The van der Waals surface area contributed by atoms with Gasteiger partial charge in [-0.15, -0.1) is 10.2 Å². The molecule has 1 aromatic heterocycles. The summed E-state index contributed by atoms with van der Waals surface area (Å²) in [5.41, 5.74) is 0. The predicted octanol–water partition coefficient (Wildman–Crippen LogP) is 1.29. The third kappa shape index (κ3) is 5.28. The minimum absolute atomic E-state index is 0.00611. The number of ether oxygens (including phenoxy) is 2. The summed E-state index contributed by atoms with van der Waals surface area (Å²) in [6.07, 6.45) is 2.43. The van der Waals surface area contributed by atoms with Gasteiger partial charge in [0.05, 0.1) is 0 Å². The Hall–Kier alpha value is -1.73. The molecular weight excluding hydrogens is 272 g/mol. The lowest BCUT2D eigenvalue weighted by Gasteiger charge is -2.20. The van der Waals surface area contributed by atoms with Gasteiger partial charge in [-0.1, -0.05) is 0 Å². The number of carbonyl (C=O) groups is 1. The van der Waals surface area contributed by atoms with Crippen LogP contribution in [0.15, 0.2) is 12.1 Å². The Kier molecular flexibility index (Phi) is 6.36. The van der Waals surface area contributed by atoms with E-state index in [1.807, 2.05) is 0 Å². The molecule has 1 aliphatic heterocycles. The van der Waals surface area contributed by atoms with Gasteiger partial charge in [0, 0.05) is 39.4 Å². The van der Waals surface area contributed by atoms with Crippen molar-refractivity contribution in [1.29, 1.82) is 0 Å². The first-order valence-corrected chi connectivity index (χ1v) is 7.25. The normalized spacial score (nSPS) is 15.7. The lowest BCUT2D eigenvalue weighted by Crippen LogP contribution is -2.28. The molecule has 0 bridgehead atoms. The van der Waals surface area contributed by atoms with E-state index in [0.29, 0.717) is 31.5 Å². The highest BCUT2D eigenvalue weighted by Crippen LogP contribution is 2.16. The zero-order chi connectivity index (χ0) is 14.9. The monoisotopic (exact) mass is 294 g/mol. The van der Waals surface area contributed by atoms with Gasteiger partial charge in [-0.05, 0) is 31.4 Å². The molecule has 0 spiro atoms. The van der Waals surface area contributed by atoms with Gasteiger partial charge in [0.25, 0.3) is 0 Å². The predicted molar refractivity (Wildman–Crippen MR) is 79.2 cm³/mol. The highest BCUT2D eigenvalue weighted by molar-refractivity contribution is 5.91. The van der Waals surface area contributed by atoms with Crippen molar-refractivity contribution in [2.45, 2.75) is 19.3 Å². The molecule has 0 aliphatic carbocycles. The van der Waals surface area contributed by atoms with Crippen molar-refractivity contribution in [3.63, 3.8) is 0 Å². The quantitative estimate of drug-likeness (QED) is 0.737. The number of hydrogen-bond donors (Lipinski definition) is 2. The molecule has 1 aliphatic rings. The molecule has 7 heteroatoms. The Labute approximate surface area is 124 Å². The van der Waals surface area contributed by atoms with E-state index in [1.54, 1.807) is 19.2 Å². The lowest BCUT2D eigenvalue weighted by molar-refractivity contribution is -0.122. The topological polar surface area (TPSA) is 85.4 Å². The second-order valence-electron chi connectivity index (χ2n) is 4.95. The fourth-order valence-electron chi connectivity index (χ4n) is 2.11. The average molecular weight is 294 g/mol.